The van der Waals surface area contributed by atoms with Crippen LogP contribution >= 0.6 is 0 Å². The predicted octanol–water partition coefficient (Wildman–Crippen LogP) is 3.04. The summed E-state index contributed by atoms with van der Waals surface area (Å²) < 4.78 is 44.4. The van der Waals surface area contributed by atoms with E-state index in [1.165, 1.54) is 18.2 Å². The molecule has 0 radical (unpaired) electrons. The van der Waals surface area contributed by atoms with Gasteiger partial charge in [0.05, 0.1) is 30.4 Å². The van der Waals surface area contributed by atoms with Crippen molar-refractivity contribution < 1.29 is 28.1 Å². The maximum absolute atomic E-state index is 13.8. The van der Waals surface area contributed by atoms with Crippen molar-refractivity contribution in [1.29, 1.82) is 0 Å². The number of benzene rings is 1. The summed E-state index contributed by atoms with van der Waals surface area (Å²) in [6.45, 7) is 1.87. The van der Waals surface area contributed by atoms with E-state index in [-0.39, 0.29) is 36.9 Å². The Hall–Kier alpha value is -2.78. The molecule has 29 heavy (non-hydrogen) atoms. The van der Waals surface area contributed by atoms with Crippen LogP contribution in [-0.4, -0.2) is 45.5 Å². The van der Waals surface area contributed by atoms with Crippen LogP contribution in [0.15, 0.2) is 24.3 Å². The average molecular weight is 405 g/mol. The van der Waals surface area contributed by atoms with Crippen molar-refractivity contribution in [2.75, 3.05) is 13.2 Å². The smallest absolute Gasteiger partial charge is 0.296 e. The quantitative estimate of drug-likeness (QED) is 0.655. The lowest BCUT2D eigenvalue weighted by molar-refractivity contribution is -0.0672. The summed E-state index contributed by atoms with van der Waals surface area (Å²) in [4.78, 5) is 11.7. The number of nitrogens with zero attached hydrogens (tertiary/aromatic N) is 2. The Bertz CT molecular complexity index is 983. The minimum atomic E-state index is -0.669. The van der Waals surface area contributed by atoms with Gasteiger partial charge >= 0.3 is 0 Å². The largest absolute Gasteiger partial charge is 0.472 e. The number of fused-ring (bicyclic) bond motifs is 1. The standard InChI is InChI=1S/C20H21F2N3O4/c1-11-7-17-18(24-19(11)28-10-14-15(21)3-2-4-16(14)22)25-20(23-17)29-13-6-5-12(8-26)27-9-13/h2-4,7,12-13,26H,5-6,8-10H2,1H3,(H,23,24,25)/t12-,13-/m0/s1. The fourth-order valence-electron chi connectivity index (χ4n) is 3.19. The van der Waals surface area contributed by atoms with E-state index >= 15 is 0 Å². The third-order valence-corrected chi connectivity index (χ3v) is 4.82. The van der Waals surface area contributed by atoms with Gasteiger partial charge in [-0.2, -0.15) is 9.97 Å². The molecule has 0 saturated carbocycles. The summed E-state index contributed by atoms with van der Waals surface area (Å²) in [5.74, 6) is -1.10. The van der Waals surface area contributed by atoms with Gasteiger partial charge in [-0.15, -0.1) is 0 Å². The molecule has 0 aliphatic carbocycles. The Morgan fingerprint density at radius 2 is 2.03 bits per heavy atom. The lowest BCUT2D eigenvalue weighted by Crippen LogP contribution is -2.35. The number of rotatable bonds is 6. The zero-order valence-electron chi connectivity index (χ0n) is 15.8. The Balaban J connectivity index is 1.47. The molecular formula is C20H21F2N3O4. The topological polar surface area (TPSA) is 89.5 Å². The normalized spacial score (nSPS) is 19.4. The van der Waals surface area contributed by atoms with Crippen LogP contribution in [0.3, 0.4) is 0 Å². The molecule has 4 rings (SSSR count). The molecule has 1 aliphatic rings. The van der Waals surface area contributed by atoms with Gasteiger partial charge in [0.2, 0.25) is 5.88 Å². The molecule has 1 fully saturated rings. The molecule has 2 N–H and O–H groups in total. The highest BCUT2D eigenvalue weighted by Gasteiger charge is 2.23. The minimum absolute atomic E-state index is 0.000111. The summed E-state index contributed by atoms with van der Waals surface area (Å²) in [6.07, 6.45) is 1.15. The molecule has 1 aliphatic heterocycles. The number of hydrogen-bond acceptors (Lipinski definition) is 6. The highest BCUT2D eigenvalue weighted by atomic mass is 19.1. The van der Waals surface area contributed by atoms with Gasteiger partial charge in [0.15, 0.2) is 5.65 Å². The molecule has 0 bridgehead atoms. The Morgan fingerprint density at radius 3 is 2.72 bits per heavy atom. The third-order valence-electron chi connectivity index (χ3n) is 4.82. The van der Waals surface area contributed by atoms with Crippen LogP contribution in [0.2, 0.25) is 0 Å². The first-order valence-corrected chi connectivity index (χ1v) is 9.35. The van der Waals surface area contributed by atoms with Crippen molar-refractivity contribution >= 4 is 11.2 Å². The third kappa shape index (κ3) is 4.30. The first-order valence-electron chi connectivity index (χ1n) is 9.35. The summed E-state index contributed by atoms with van der Waals surface area (Å²) in [7, 11) is 0. The van der Waals surface area contributed by atoms with Crippen molar-refractivity contribution in [3.8, 4) is 11.9 Å². The number of ether oxygens (including phenoxy) is 3. The van der Waals surface area contributed by atoms with Crippen molar-refractivity contribution in [2.24, 2.45) is 0 Å². The number of pyridine rings is 1. The van der Waals surface area contributed by atoms with Crippen molar-refractivity contribution in [3.63, 3.8) is 0 Å². The number of hydrogen-bond donors (Lipinski definition) is 2. The SMILES string of the molecule is Cc1cc2[nH]c(O[C@H]3CC[C@@H](CO)OC3)nc2nc1OCc1c(F)cccc1F. The second-order valence-corrected chi connectivity index (χ2v) is 6.97. The van der Waals surface area contributed by atoms with E-state index in [9.17, 15) is 8.78 Å². The molecular weight excluding hydrogens is 384 g/mol. The highest BCUT2D eigenvalue weighted by molar-refractivity contribution is 5.73. The maximum atomic E-state index is 13.8. The van der Waals surface area contributed by atoms with Crippen LogP contribution in [-0.2, 0) is 11.3 Å². The van der Waals surface area contributed by atoms with Gasteiger partial charge < -0.3 is 24.3 Å². The number of nitrogens with one attached hydrogen (secondary N) is 1. The van der Waals surface area contributed by atoms with E-state index in [1.54, 1.807) is 13.0 Å². The molecule has 2 atom stereocenters. The van der Waals surface area contributed by atoms with Crippen LogP contribution in [0.1, 0.15) is 24.0 Å². The summed E-state index contributed by atoms with van der Waals surface area (Å²) in [6, 6.07) is 5.76. The lowest BCUT2D eigenvalue weighted by Gasteiger charge is -2.27. The van der Waals surface area contributed by atoms with Crippen LogP contribution in [0.25, 0.3) is 11.2 Å². The number of H-pyrrole nitrogens is 1. The zero-order valence-corrected chi connectivity index (χ0v) is 15.8. The van der Waals surface area contributed by atoms with Crippen molar-refractivity contribution in [3.05, 3.63) is 47.0 Å². The Labute approximate surface area is 165 Å². The van der Waals surface area contributed by atoms with Crippen LogP contribution in [0.4, 0.5) is 8.78 Å². The zero-order chi connectivity index (χ0) is 20.4. The van der Waals surface area contributed by atoms with E-state index in [1.807, 2.05) is 0 Å². The van der Waals surface area contributed by atoms with Crippen LogP contribution in [0.5, 0.6) is 11.9 Å². The molecule has 3 heterocycles. The second kappa shape index (κ2) is 8.30. The molecule has 2 aromatic heterocycles. The molecule has 0 amide bonds. The summed E-state index contributed by atoms with van der Waals surface area (Å²) in [5.41, 5.74) is 1.57. The number of aliphatic hydroxyl groups is 1. The second-order valence-electron chi connectivity index (χ2n) is 6.97. The Morgan fingerprint density at radius 1 is 1.24 bits per heavy atom. The Kier molecular flexibility index (Phi) is 5.59. The molecule has 0 unspecified atom stereocenters. The highest BCUT2D eigenvalue weighted by Crippen LogP contribution is 2.25. The number of aryl methyl sites for hydroxylation is 1. The molecule has 7 nitrogen and oxygen atoms in total. The van der Waals surface area contributed by atoms with Crippen LogP contribution in [0, 0.1) is 18.6 Å². The number of aromatic amines is 1. The lowest BCUT2D eigenvalue weighted by atomic mass is 10.1. The number of halogens is 2. The molecule has 1 saturated heterocycles. The number of aliphatic hydroxyl groups excluding tert-OH is 1. The molecule has 154 valence electrons. The van der Waals surface area contributed by atoms with Crippen molar-refractivity contribution in [1.82, 2.24) is 15.0 Å². The van der Waals surface area contributed by atoms with E-state index in [2.05, 4.69) is 15.0 Å². The van der Waals surface area contributed by atoms with Crippen LogP contribution < -0.4 is 9.47 Å². The molecule has 3 aromatic rings. The van der Waals surface area contributed by atoms with Gasteiger partial charge in [0.1, 0.15) is 24.3 Å². The van der Waals surface area contributed by atoms with Gasteiger partial charge in [-0.05, 0) is 38.0 Å². The van der Waals surface area contributed by atoms with Gasteiger partial charge in [-0.1, -0.05) is 6.07 Å². The van der Waals surface area contributed by atoms with E-state index < -0.39 is 11.6 Å². The van der Waals surface area contributed by atoms with Gasteiger partial charge in [-0.3, -0.25) is 0 Å². The van der Waals surface area contributed by atoms with E-state index in [0.29, 0.717) is 35.8 Å². The van der Waals surface area contributed by atoms with Gasteiger partial charge in [0, 0.05) is 5.56 Å². The molecule has 0 spiro atoms. The fraction of sp³-hybridized carbons (Fsp3) is 0.400. The maximum Gasteiger partial charge on any atom is 0.296 e. The number of imidazole rings is 1. The van der Waals surface area contributed by atoms with Crippen molar-refractivity contribution in [2.45, 2.75) is 38.6 Å². The van der Waals surface area contributed by atoms with Gasteiger partial charge in [-0.25, -0.2) is 8.78 Å². The monoisotopic (exact) mass is 405 g/mol. The molecule has 1 aromatic carbocycles. The van der Waals surface area contributed by atoms with E-state index in [4.69, 9.17) is 19.3 Å². The summed E-state index contributed by atoms with van der Waals surface area (Å²) >= 11 is 0. The van der Waals surface area contributed by atoms with Gasteiger partial charge in [0.25, 0.3) is 6.01 Å². The average Bonchev–Trinajstić information content (AvgIpc) is 3.09. The van der Waals surface area contributed by atoms with E-state index in [0.717, 1.165) is 6.42 Å². The number of aromatic nitrogens is 3. The molecule has 9 heteroatoms. The fourth-order valence-corrected chi connectivity index (χ4v) is 3.19. The predicted molar refractivity (Wildman–Crippen MR) is 99.8 cm³/mol. The first-order chi connectivity index (χ1) is 14.0. The first kappa shape index (κ1) is 19.5. The summed E-state index contributed by atoms with van der Waals surface area (Å²) in [5, 5.41) is 9.12. The minimum Gasteiger partial charge on any atom is -0.472 e.